The second-order valence-corrected chi connectivity index (χ2v) is 30.4. The van der Waals surface area contributed by atoms with Gasteiger partial charge in [0.15, 0.2) is 12.2 Å². The minimum absolute atomic E-state index is 0.106. The average molecular weight is 1350 g/mol. The molecule has 0 bridgehead atoms. The fraction of sp³-hybridized carbons (Fsp3) is 0.945. The van der Waals surface area contributed by atoms with Crippen LogP contribution in [0.5, 0.6) is 0 Å². The van der Waals surface area contributed by atoms with E-state index in [0.717, 1.165) is 114 Å². The van der Waals surface area contributed by atoms with Gasteiger partial charge in [-0.25, -0.2) is 9.13 Å². The van der Waals surface area contributed by atoms with E-state index in [0.29, 0.717) is 25.7 Å². The van der Waals surface area contributed by atoms with Crippen LogP contribution < -0.4 is 0 Å². The summed E-state index contributed by atoms with van der Waals surface area (Å²) >= 11 is 0. The number of hydrogen-bond donors (Lipinski definition) is 3. The molecule has 0 saturated carbocycles. The molecule has 0 spiro atoms. The van der Waals surface area contributed by atoms with Crippen molar-refractivity contribution in [1.29, 1.82) is 0 Å². The van der Waals surface area contributed by atoms with Crippen molar-refractivity contribution in [2.75, 3.05) is 39.6 Å². The fourth-order valence-electron chi connectivity index (χ4n) is 11.0. The molecule has 546 valence electrons. The highest BCUT2D eigenvalue weighted by molar-refractivity contribution is 7.47. The molecule has 0 aliphatic rings. The van der Waals surface area contributed by atoms with E-state index in [1.54, 1.807) is 0 Å². The molecule has 0 aromatic heterocycles. The Hall–Kier alpha value is -1.94. The Bertz CT molecular complexity index is 1800. The van der Waals surface area contributed by atoms with Gasteiger partial charge in [0.1, 0.15) is 19.3 Å². The lowest BCUT2D eigenvalue weighted by Crippen LogP contribution is -2.30. The Morgan fingerprint density at radius 2 is 0.554 bits per heavy atom. The highest BCUT2D eigenvalue weighted by Gasteiger charge is 2.30. The van der Waals surface area contributed by atoms with Gasteiger partial charge >= 0.3 is 39.5 Å². The van der Waals surface area contributed by atoms with Gasteiger partial charge in [0.05, 0.1) is 26.4 Å². The van der Waals surface area contributed by atoms with Gasteiger partial charge in [-0.15, -0.1) is 0 Å². The summed E-state index contributed by atoms with van der Waals surface area (Å²) in [6, 6.07) is 0. The standard InChI is InChI=1S/C73H142O17P2/c1-8-10-11-12-13-14-20-28-33-42-49-56-72(77)90-69(61-84-71(76)55-48-41-36-35-39-46-53-66(7)9-2)63-88-92(81,82)86-59-67(74)58-85-91(79,80)87-62-68(60-83-70(75)54-47-40-32-27-24-23-26-31-38-45-52-65(5)6)89-73(78)57-50-43-34-29-22-19-17-15-16-18-21-25-30-37-44-51-64(3)4/h64-69,74H,8-63H2,1-7H3,(H,79,80)(H,81,82)/t66?,67-,68-,69-/m1/s1. The number of unbranched alkanes of at least 4 members (excludes halogenated alkanes) is 38. The van der Waals surface area contributed by atoms with Crippen molar-refractivity contribution >= 4 is 39.5 Å². The molecule has 0 rings (SSSR count). The minimum Gasteiger partial charge on any atom is -0.462 e. The second kappa shape index (κ2) is 63.8. The fourth-order valence-corrected chi connectivity index (χ4v) is 12.6. The first-order chi connectivity index (χ1) is 44.3. The monoisotopic (exact) mass is 1350 g/mol. The average Bonchev–Trinajstić information content (AvgIpc) is 1.51. The van der Waals surface area contributed by atoms with Gasteiger partial charge in [-0.2, -0.15) is 0 Å². The normalized spacial score (nSPS) is 14.4. The topological polar surface area (TPSA) is 237 Å². The summed E-state index contributed by atoms with van der Waals surface area (Å²) in [6.45, 7) is 11.9. The van der Waals surface area contributed by atoms with E-state index in [1.165, 1.54) is 173 Å². The van der Waals surface area contributed by atoms with Crippen molar-refractivity contribution in [3.63, 3.8) is 0 Å². The summed E-state index contributed by atoms with van der Waals surface area (Å²) < 4.78 is 68.4. The van der Waals surface area contributed by atoms with Crippen LogP contribution in [0.3, 0.4) is 0 Å². The van der Waals surface area contributed by atoms with Crippen molar-refractivity contribution in [2.45, 2.75) is 388 Å². The van der Waals surface area contributed by atoms with Crippen molar-refractivity contribution in [1.82, 2.24) is 0 Å². The third kappa shape index (κ3) is 65.4. The van der Waals surface area contributed by atoms with E-state index < -0.39 is 97.5 Å². The number of esters is 4. The van der Waals surface area contributed by atoms with Crippen molar-refractivity contribution in [2.24, 2.45) is 17.8 Å². The van der Waals surface area contributed by atoms with Gasteiger partial charge in [-0.05, 0) is 43.4 Å². The number of ether oxygens (including phenoxy) is 4. The van der Waals surface area contributed by atoms with Crippen LogP contribution in [-0.2, 0) is 65.4 Å². The molecule has 0 saturated heterocycles. The lowest BCUT2D eigenvalue weighted by molar-refractivity contribution is -0.161. The van der Waals surface area contributed by atoms with Crippen LogP contribution >= 0.6 is 15.6 Å². The molecule has 3 unspecified atom stereocenters. The number of hydrogen-bond acceptors (Lipinski definition) is 15. The van der Waals surface area contributed by atoms with Gasteiger partial charge in [0.2, 0.25) is 0 Å². The summed E-state index contributed by atoms with van der Waals surface area (Å²) in [5.74, 6) is 0.170. The molecule has 92 heavy (non-hydrogen) atoms. The predicted molar refractivity (Wildman–Crippen MR) is 372 cm³/mol. The molecular weight excluding hydrogens is 1210 g/mol. The van der Waals surface area contributed by atoms with Crippen LogP contribution in [0, 0.1) is 17.8 Å². The smallest absolute Gasteiger partial charge is 0.462 e. The summed E-state index contributed by atoms with van der Waals surface area (Å²) in [5.41, 5.74) is 0. The Labute approximate surface area is 562 Å². The molecule has 3 N–H and O–H groups in total. The third-order valence-electron chi connectivity index (χ3n) is 17.2. The van der Waals surface area contributed by atoms with E-state index in [2.05, 4.69) is 48.5 Å². The number of phosphoric ester groups is 2. The molecule has 0 heterocycles. The number of aliphatic hydroxyl groups excluding tert-OH is 1. The van der Waals surface area contributed by atoms with E-state index in [4.69, 9.17) is 37.0 Å². The van der Waals surface area contributed by atoms with E-state index in [1.807, 2.05) is 0 Å². The predicted octanol–water partition coefficient (Wildman–Crippen LogP) is 21.0. The number of rotatable bonds is 71. The zero-order valence-electron chi connectivity index (χ0n) is 60.0. The molecule has 6 atom stereocenters. The third-order valence-corrected chi connectivity index (χ3v) is 19.1. The van der Waals surface area contributed by atoms with Crippen LogP contribution in [0.15, 0.2) is 0 Å². The van der Waals surface area contributed by atoms with Crippen LogP contribution in [-0.4, -0.2) is 96.7 Å². The molecule has 0 aromatic carbocycles. The first-order valence-electron chi connectivity index (χ1n) is 37.9. The van der Waals surface area contributed by atoms with Crippen LogP contribution in [0.25, 0.3) is 0 Å². The molecule has 0 aromatic rings. The maximum Gasteiger partial charge on any atom is 0.472 e. The van der Waals surface area contributed by atoms with Gasteiger partial charge in [0.25, 0.3) is 0 Å². The summed E-state index contributed by atoms with van der Waals surface area (Å²) in [4.78, 5) is 72.6. The van der Waals surface area contributed by atoms with Gasteiger partial charge < -0.3 is 33.8 Å². The largest absolute Gasteiger partial charge is 0.472 e. The number of aliphatic hydroxyl groups is 1. The number of carbonyl (C=O) groups excluding carboxylic acids is 4. The van der Waals surface area contributed by atoms with Gasteiger partial charge in [-0.3, -0.25) is 37.3 Å². The van der Waals surface area contributed by atoms with E-state index >= 15 is 0 Å². The van der Waals surface area contributed by atoms with Crippen LogP contribution in [0.2, 0.25) is 0 Å². The molecular formula is C73H142O17P2. The number of phosphoric acid groups is 2. The van der Waals surface area contributed by atoms with Crippen molar-refractivity contribution < 1.29 is 80.2 Å². The number of carbonyl (C=O) groups is 4. The zero-order chi connectivity index (χ0) is 68.0. The maximum absolute atomic E-state index is 13.1. The highest BCUT2D eigenvalue weighted by atomic mass is 31.2. The quantitative estimate of drug-likeness (QED) is 0.0222. The minimum atomic E-state index is -4.96. The van der Waals surface area contributed by atoms with Crippen molar-refractivity contribution in [3.05, 3.63) is 0 Å². The lowest BCUT2D eigenvalue weighted by atomic mass is 10.00. The van der Waals surface area contributed by atoms with Gasteiger partial charge in [-0.1, -0.05) is 318 Å². The SMILES string of the molecule is CCCCCCCCCCCCCC(=O)O[C@H](COC(=O)CCCCCCCCC(C)CC)COP(=O)(O)OC[C@H](O)COP(=O)(O)OC[C@@H](COC(=O)CCCCCCCCCCCCC(C)C)OC(=O)CCCCCCCCCCCCCCCCCC(C)C. The first-order valence-corrected chi connectivity index (χ1v) is 40.9. The molecule has 0 aliphatic heterocycles. The Balaban J connectivity index is 5.24. The van der Waals surface area contributed by atoms with E-state index in [9.17, 15) is 43.2 Å². The highest BCUT2D eigenvalue weighted by Crippen LogP contribution is 2.45. The van der Waals surface area contributed by atoms with Crippen LogP contribution in [0.4, 0.5) is 0 Å². The lowest BCUT2D eigenvalue weighted by Gasteiger charge is -2.21. The molecule has 0 radical (unpaired) electrons. The Morgan fingerprint density at radius 1 is 0.315 bits per heavy atom. The summed E-state index contributed by atoms with van der Waals surface area (Å²) in [6.07, 6.45) is 48.5. The Morgan fingerprint density at radius 3 is 0.826 bits per heavy atom. The molecule has 19 heteroatoms. The maximum atomic E-state index is 13.1. The molecule has 0 amide bonds. The van der Waals surface area contributed by atoms with Crippen molar-refractivity contribution in [3.8, 4) is 0 Å². The molecule has 0 aliphatic carbocycles. The second-order valence-electron chi connectivity index (χ2n) is 27.5. The van der Waals surface area contributed by atoms with Gasteiger partial charge in [0, 0.05) is 25.7 Å². The van der Waals surface area contributed by atoms with Crippen LogP contribution in [0.1, 0.15) is 370 Å². The zero-order valence-corrected chi connectivity index (χ0v) is 61.8. The summed E-state index contributed by atoms with van der Waals surface area (Å²) in [7, 11) is -9.91. The molecule has 17 nitrogen and oxygen atoms in total. The van der Waals surface area contributed by atoms with E-state index in [-0.39, 0.29) is 25.7 Å². The first kappa shape index (κ1) is 90.1. The molecule has 0 fully saturated rings. The summed E-state index contributed by atoms with van der Waals surface area (Å²) in [5, 5.41) is 10.6. The Kier molecular flexibility index (Phi) is 62.4.